The molecule has 0 unspecified atom stereocenters. The summed E-state index contributed by atoms with van der Waals surface area (Å²) in [6.45, 7) is 6.89. The molecule has 2 fully saturated rings. The summed E-state index contributed by atoms with van der Waals surface area (Å²) >= 11 is 0. The molecule has 2 atom stereocenters. The molecule has 12 nitrogen and oxygen atoms in total. The van der Waals surface area contributed by atoms with E-state index in [0.717, 1.165) is 18.5 Å². The fraction of sp³-hybridized carbons (Fsp3) is 0.520. The summed E-state index contributed by atoms with van der Waals surface area (Å²) in [5, 5.41) is 12.7. The first kappa shape index (κ1) is 29.5. The van der Waals surface area contributed by atoms with E-state index in [1.165, 1.54) is 4.57 Å². The first-order chi connectivity index (χ1) is 17.5. The van der Waals surface area contributed by atoms with Gasteiger partial charge in [-0.2, -0.15) is 4.98 Å². The molecule has 2 aromatic rings. The number of carbonyl (C=O) groups is 2. The number of nitrogens with two attached hydrogens (primary N) is 2. The number of β-amino-alcohol motifs (C(OH)–C–C–N with tert-alkyl or cyclic N) is 1. The first-order valence-corrected chi connectivity index (χ1v) is 12.5. The van der Waals surface area contributed by atoms with Gasteiger partial charge in [0.05, 0.1) is 17.3 Å². The van der Waals surface area contributed by atoms with Crippen molar-refractivity contribution in [2.45, 2.75) is 44.5 Å². The van der Waals surface area contributed by atoms with Crippen LogP contribution in [0.5, 0.6) is 0 Å². The van der Waals surface area contributed by atoms with Gasteiger partial charge in [0.2, 0.25) is 5.91 Å². The summed E-state index contributed by atoms with van der Waals surface area (Å²) in [5.41, 5.74) is 12.0. The summed E-state index contributed by atoms with van der Waals surface area (Å²) in [6.07, 6.45) is 1.81. The van der Waals surface area contributed by atoms with Crippen LogP contribution in [0.25, 0.3) is 5.69 Å². The van der Waals surface area contributed by atoms with Gasteiger partial charge in [-0.05, 0) is 44.0 Å². The molecule has 3 amide bonds. The molecule has 38 heavy (non-hydrogen) atoms. The van der Waals surface area contributed by atoms with Crippen LogP contribution in [0.15, 0.2) is 41.3 Å². The SMILES string of the molecule is CC(C)(N)C(=O)N1CCN(C(=O)Nc2ccn(-c3ccc(CN4CC[C@@H](N)[C@@H](O)C4)cc3)c(=O)n2)CC1.Cl. The number of aliphatic hydroxyl groups is 1. The van der Waals surface area contributed by atoms with Crippen LogP contribution in [0, 0.1) is 0 Å². The van der Waals surface area contributed by atoms with Gasteiger partial charge < -0.3 is 26.4 Å². The number of piperidine rings is 1. The van der Waals surface area contributed by atoms with Crippen LogP contribution in [0.3, 0.4) is 0 Å². The fourth-order valence-electron chi connectivity index (χ4n) is 4.56. The number of carbonyl (C=O) groups excluding carboxylic acids is 2. The standard InChI is InChI=1S/C25H36N8O4.ClH/c1-25(2,27)22(35)31-11-13-32(14-12-31)23(36)28-21-8-10-33(24(37)29-21)18-5-3-17(4-6-18)15-30-9-7-19(26)20(34)16-30;/h3-6,8,10,19-20,34H,7,9,11-16,26-27H2,1-2H3,(H,28,29,36,37);1H/t19-,20+;/m1./s1. The van der Waals surface area contributed by atoms with Crippen LogP contribution in [0.4, 0.5) is 10.6 Å². The predicted octanol–water partition coefficient (Wildman–Crippen LogP) is -0.0384. The van der Waals surface area contributed by atoms with Crippen LogP contribution in [0.2, 0.25) is 0 Å². The van der Waals surface area contributed by atoms with Gasteiger partial charge in [0.25, 0.3) is 0 Å². The molecule has 2 saturated heterocycles. The largest absolute Gasteiger partial charge is 0.390 e. The molecule has 0 spiro atoms. The number of rotatable bonds is 5. The van der Waals surface area contributed by atoms with Gasteiger partial charge in [0.1, 0.15) is 5.82 Å². The highest BCUT2D eigenvalue weighted by atomic mass is 35.5. The van der Waals surface area contributed by atoms with Gasteiger partial charge in [0.15, 0.2) is 0 Å². The number of nitrogens with one attached hydrogen (secondary N) is 1. The lowest BCUT2D eigenvalue weighted by atomic mass is 10.0. The highest BCUT2D eigenvalue weighted by Crippen LogP contribution is 2.16. The van der Waals surface area contributed by atoms with E-state index in [-0.39, 0.29) is 36.2 Å². The zero-order valence-electron chi connectivity index (χ0n) is 21.7. The molecular formula is C25H37ClN8O4. The first-order valence-electron chi connectivity index (χ1n) is 12.5. The highest BCUT2D eigenvalue weighted by Gasteiger charge is 2.31. The summed E-state index contributed by atoms with van der Waals surface area (Å²) < 4.78 is 1.40. The molecule has 13 heteroatoms. The van der Waals surface area contributed by atoms with E-state index in [9.17, 15) is 19.5 Å². The summed E-state index contributed by atoms with van der Waals surface area (Å²) in [4.78, 5) is 47.0. The molecule has 1 aromatic heterocycles. The number of aliphatic hydroxyl groups excluding tert-OH is 1. The van der Waals surface area contributed by atoms with Gasteiger partial charge in [0, 0.05) is 58.1 Å². The number of piperazine rings is 1. The van der Waals surface area contributed by atoms with Gasteiger partial charge in [-0.3, -0.25) is 19.6 Å². The third kappa shape index (κ3) is 7.08. The third-order valence-electron chi connectivity index (χ3n) is 6.78. The Kier molecular flexibility index (Phi) is 9.49. The number of hydrogen-bond acceptors (Lipinski definition) is 8. The second-order valence-corrected chi connectivity index (χ2v) is 10.3. The molecule has 208 valence electrons. The Bertz CT molecular complexity index is 1180. The number of urea groups is 1. The molecule has 2 aliphatic rings. The summed E-state index contributed by atoms with van der Waals surface area (Å²) in [6, 6.07) is 8.58. The van der Waals surface area contributed by atoms with Crippen LogP contribution in [-0.4, -0.2) is 98.2 Å². The van der Waals surface area contributed by atoms with E-state index in [1.807, 2.05) is 24.3 Å². The monoisotopic (exact) mass is 548 g/mol. The van der Waals surface area contributed by atoms with Crippen molar-refractivity contribution in [2.75, 3.05) is 44.6 Å². The van der Waals surface area contributed by atoms with Gasteiger partial charge in [-0.25, -0.2) is 9.59 Å². The van der Waals surface area contributed by atoms with Crippen LogP contribution >= 0.6 is 12.4 Å². The van der Waals surface area contributed by atoms with Gasteiger partial charge in [-0.1, -0.05) is 12.1 Å². The minimum Gasteiger partial charge on any atom is -0.390 e. The molecule has 0 radical (unpaired) electrons. The van der Waals surface area contributed by atoms with Gasteiger partial charge in [-0.15, -0.1) is 12.4 Å². The van der Waals surface area contributed by atoms with Crippen LogP contribution in [0.1, 0.15) is 25.8 Å². The topological polar surface area (TPSA) is 163 Å². The molecule has 6 N–H and O–H groups in total. The van der Waals surface area contributed by atoms with E-state index in [2.05, 4.69) is 15.2 Å². The Balaban J connectivity index is 0.00000400. The molecule has 0 bridgehead atoms. The maximum absolute atomic E-state index is 12.7. The number of hydrogen-bond donors (Lipinski definition) is 4. The van der Waals surface area contributed by atoms with Gasteiger partial charge >= 0.3 is 11.7 Å². The minimum absolute atomic E-state index is 0. The van der Waals surface area contributed by atoms with E-state index in [4.69, 9.17) is 11.5 Å². The fourth-order valence-corrected chi connectivity index (χ4v) is 4.56. The van der Waals surface area contributed by atoms with Crippen molar-refractivity contribution in [2.24, 2.45) is 11.5 Å². The average Bonchev–Trinajstić information content (AvgIpc) is 2.86. The second kappa shape index (κ2) is 12.2. The Hall–Kier alpha value is -3.03. The molecule has 0 saturated carbocycles. The second-order valence-electron chi connectivity index (χ2n) is 10.3. The van der Waals surface area contributed by atoms with Crippen molar-refractivity contribution in [3.63, 3.8) is 0 Å². The zero-order chi connectivity index (χ0) is 26.7. The van der Waals surface area contributed by atoms with E-state index >= 15 is 0 Å². The minimum atomic E-state index is -0.954. The summed E-state index contributed by atoms with van der Waals surface area (Å²) in [5.74, 6) is 0.00669. The average molecular weight is 549 g/mol. The molecule has 3 heterocycles. The number of nitrogens with zero attached hydrogens (tertiary/aromatic N) is 5. The quantitative estimate of drug-likeness (QED) is 0.404. The Morgan fingerprint density at radius 3 is 2.29 bits per heavy atom. The highest BCUT2D eigenvalue weighted by molar-refractivity contribution is 5.89. The number of anilines is 1. The summed E-state index contributed by atoms with van der Waals surface area (Å²) in [7, 11) is 0. The number of likely N-dealkylation sites (tertiary alicyclic amines) is 1. The van der Waals surface area contributed by atoms with Crippen molar-refractivity contribution in [1.82, 2.24) is 24.3 Å². The van der Waals surface area contributed by atoms with Crippen LogP contribution < -0.4 is 22.5 Å². The van der Waals surface area contributed by atoms with Crippen molar-refractivity contribution in [3.05, 3.63) is 52.6 Å². The maximum Gasteiger partial charge on any atom is 0.354 e. The lowest BCUT2D eigenvalue weighted by Crippen LogP contribution is -2.58. The van der Waals surface area contributed by atoms with E-state index in [1.54, 1.807) is 35.9 Å². The smallest absolute Gasteiger partial charge is 0.354 e. The number of amides is 3. The normalized spacial score (nSPS) is 20.6. The van der Waals surface area contributed by atoms with Crippen molar-refractivity contribution < 1.29 is 14.7 Å². The Morgan fingerprint density at radius 1 is 1.08 bits per heavy atom. The molecule has 2 aliphatic heterocycles. The molecule has 0 aliphatic carbocycles. The maximum atomic E-state index is 12.7. The lowest BCUT2D eigenvalue weighted by molar-refractivity contribution is -0.137. The number of benzene rings is 1. The van der Waals surface area contributed by atoms with Crippen molar-refractivity contribution in [3.8, 4) is 5.69 Å². The molecule has 4 rings (SSSR count). The number of aromatic nitrogens is 2. The van der Waals surface area contributed by atoms with E-state index in [0.29, 0.717) is 45.0 Å². The number of halogens is 1. The van der Waals surface area contributed by atoms with E-state index < -0.39 is 17.3 Å². The van der Waals surface area contributed by atoms with Crippen molar-refractivity contribution in [1.29, 1.82) is 0 Å². The molecule has 1 aromatic carbocycles. The Labute approximate surface area is 228 Å². The molecular weight excluding hydrogens is 512 g/mol. The zero-order valence-corrected chi connectivity index (χ0v) is 22.6. The third-order valence-corrected chi connectivity index (χ3v) is 6.78. The van der Waals surface area contributed by atoms with Crippen LogP contribution in [-0.2, 0) is 11.3 Å². The predicted molar refractivity (Wildman–Crippen MR) is 146 cm³/mol. The Morgan fingerprint density at radius 2 is 1.71 bits per heavy atom. The lowest BCUT2D eigenvalue weighted by Gasteiger charge is -2.37. The van der Waals surface area contributed by atoms with Crippen molar-refractivity contribution >= 4 is 30.2 Å².